The second-order valence-electron chi connectivity index (χ2n) is 3.29. The molecule has 16 heavy (non-hydrogen) atoms. The zero-order valence-corrected chi connectivity index (χ0v) is 9.05. The summed E-state index contributed by atoms with van der Waals surface area (Å²) in [6, 6.07) is 1.04. The molecular weight excluding hydrogens is 235 g/mol. The maximum Gasteiger partial charge on any atom is 0.230 e. The molecule has 0 radical (unpaired) electrons. The molecule has 2 rings (SSSR count). The lowest BCUT2D eigenvalue weighted by Crippen LogP contribution is -1.92. The first-order valence-electron chi connectivity index (χ1n) is 4.40. The lowest BCUT2D eigenvalue weighted by atomic mass is 10.0. The van der Waals surface area contributed by atoms with Crippen LogP contribution in [0.4, 0.5) is 10.3 Å². The lowest BCUT2D eigenvalue weighted by Gasteiger charge is -2.09. The van der Waals surface area contributed by atoms with E-state index in [1.54, 1.807) is 0 Å². The van der Waals surface area contributed by atoms with Gasteiger partial charge in [0.1, 0.15) is 11.6 Å². The second-order valence-corrected chi connectivity index (χ2v) is 3.70. The molecular formula is C10H8ClFN2O2. The van der Waals surface area contributed by atoms with Crippen LogP contribution < -0.4 is 5.73 Å². The summed E-state index contributed by atoms with van der Waals surface area (Å²) >= 11 is 5.68. The van der Waals surface area contributed by atoms with Crippen LogP contribution in [0.3, 0.4) is 0 Å². The van der Waals surface area contributed by atoms with E-state index in [0.717, 1.165) is 6.07 Å². The maximum absolute atomic E-state index is 13.5. The number of nitrogens with two attached hydrogens (primary N) is 1. The first-order chi connectivity index (χ1) is 7.52. The van der Waals surface area contributed by atoms with Gasteiger partial charge in [0.05, 0.1) is 16.8 Å². The van der Waals surface area contributed by atoms with Gasteiger partial charge in [-0.2, -0.15) is 0 Å². The van der Waals surface area contributed by atoms with Crippen molar-refractivity contribution in [2.45, 2.75) is 6.92 Å². The minimum atomic E-state index is -0.529. The summed E-state index contributed by atoms with van der Waals surface area (Å²) in [5.41, 5.74) is 6.25. The van der Waals surface area contributed by atoms with E-state index in [1.807, 2.05) is 0 Å². The molecule has 0 aliphatic heterocycles. The molecule has 0 spiro atoms. The molecule has 0 saturated carbocycles. The van der Waals surface area contributed by atoms with Gasteiger partial charge >= 0.3 is 0 Å². The van der Waals surface area contributed by atoms with E-state index in [9.17, 15) is 9.50 Å². The van der Waals surface area contributed by atoms with Crippen LogP contribution >= 0.6 is 11.6 Å². The first-order valence-corrected chi connectivity index (χ1v) is 4.78. The average molecular weight is 243 g/mol. The molecule has 0 bridgehead atoms. The minimum absolute atomic E-state index is 0.0000617. The van der Waals surface area contributed by atoms with Gasteiger partial charge in [0.2, 0.25) is 5.88 Å². The maximum atomic E-state index is 13.5. The summed E-state index contributed by atoms with van der Waals surface area (Å²) in [7, 11) is 0. The van der Waals surface area contributed by atoms with Crippen molar-refractivity contribution in [3.05, 3.63) is 28.7 Å². The Hall–Kier alpha value is -1.75. The van der Waals surface area contributed by atoms with Crippen molar-refractivity contribution in [2.24, 2.45) is 0 Å². The number of aromatic hydroxyl groups is 1. The van der Waals surface area contributed by atoms with Gasteiger partial charge in [0.15, 0.2) is 0 Å². The molecule has 0 fully saturated rings. The topological polar surface area (TPSA) is 72.3 Å². The molecule has 0 saturated heterocycles. The molecule has 0 atom stereocenters. The van der Waals surface area contributed by atoms with Gasteiger partial charge < -0.3 is 15.4 Å². The second kappa shape index (κ2) is 3.68. The quantitative estimate of drug-likeness (QED) is 0.807. The Kier molecular flexibility index (Phi) is 2.47. The third-order valence-electron chi connectivity index (χ3n) is 2.32. The molecule has 84 valence electrons. The summed E-state index contributed by atoms with van der Waals surface area (Å²) < 4.78 is 18.1. The van der Waals surface area contributed by atoms with Crippen LogP contribution in [-0.2, 0) is 0 Å². The van der Waals surface area contributed by atoms with Crippen LogP contribution in [0.15, 0.2) is 16.8 Å². The Morgan fingerprint density at radius 3 is 2.81 bits per heavy atom. The molecule has 1 aromatic heterocycles. The summed E-state index contributed by atoms with van der Waals surface area (Å²) in [6.07, 6.45) is 1.30. The number of nitrogen functional groups attached to an aromatic ring is 1. The van der Waals surface area contributed by atoms with Crippen molar-refractivity contribution in [3.63, 3.8) is 0 Å². The number of rotatable bonds is 1. The summed E-state index contributed by atoms with van der Waals surface area (Å²) in [6.45, 7) is 1.51. The Morgan fingerprint density at radius 2 is 2.25 bits per heavy atom. The molecule has 6 heteroatoms. The van der Waals surface area contributed by atoms with Gasteiger partial charge in [0, 0.05) is 5.56 Å². The van der Waals surface area contributed by atoms with E-state index < -0.39 is 5.82 Å². The predicted molar refractivity (Wildman–Crippen MR) is 57.7 cm³/mol. The van der Waals surface area contributed by atoms with E-state index >= 15 is 0 Å². The van der Waals surface area contributed by atoms with Crippen LogP contribution in [0.5, 0.6) is 5.75 Å². The van der Waals surface area contributed by atoms with Gasteiger partial charge in [-0.05, 0) is 18.6 Å². The standard InChI is InChI=1S/C10H8ClFN2O2/c1-4-7(12)2-6(11)9(15)8(4)5-3-14-16-10(5)13/h2-3,15H,13H2,1H3. The third kappa shape index (κ3) is 1.49. The van der Waals surface area contributed by atoms with Crippen LogP contribution in [-0.4, -0.2) is 10.3 Å². The molecule has 1 aromatic carbocycles. The molecule has 0 amide bonds. The van der Waals surface area contributed by atoms with E-state index in [1.165, 1.54) is 13.1 Å². The number of benzene rings is 1. The smallest absolute Gasteiger partial charge is 0.230 e. The molecule has 0 aliphatic rings. The Balaban J connectivity index is 2.79. The number of nitrogens with zero attached hydrogens (tertiary/aromatic N) is 1. The number of halogens is 2. The Labute approximate surface area is 95.4 Å². The van der Waals surface area contributed by atoms with Crippen LogP contribution in [0.2, 0.25) is 5.02 Å². The lowest BCUT2D eigenvalue weighted by molar-refractivity contribution is 0.436. The number of hydrogen-bond acceptors (Lipinski definition) is 4. The van der Waals surface area contributed by atoms with Crippen LogP contribution in [0.1, 0.15) is 5.56 Å². The van der Waals surface area contributed by atoms with Gasteiger partial charge in [-0.3, -0.25) is 0 Å². The highest BCUT2D eigenvalue weighted by Gasteiger charge is 2.19. The van der Waals surface area contributed by atoms with E-state index in [-0.39, 0.29) is 27.8 Å². The fourth-order valence-corrected chi connectivity index (χ4v) is 1.66. The monoisotopic (exact) mass is 242 g/mol. The number of phenols is 1. The minimum Gasteiger partial charge on any atom is -0.506 e. The Morgan fingerprint density at radius 1 is 1.56 bits per heavy atom. The van der Waals surface area contributed by atoms with Crippen molar-refractivity contribution >= 4 is 17.5 Å². The van der Waals surface area contributed by atoms with Gasteiger partial charge in [-0.15, -0.1) is 0 Å². The third-order valence-corrected chi connectivity index (χ3v) is 2.61. The highest BCUT2D eigenvalue weighted by atomic mass is 35.5. The van der Waals surface area contributed by atoms with Gasteiger partial charge in [-0.25, -0.2) is 4.39 Å². The van der Waals surface area contributed by atoms with Gasteiger partial charge in [-0.1, -0.05) is 16.8 Å². The zero-order chi connectivity index (χ0) is 11.9. The van der Waals surface area contributed by atoms with Crippen LogP contribution in [0, 0.1) is 12.7 Å². The highest BCUT2D eigenvalue weighted by Crippen LogP contribution is 2.41. The van der Waals surface area contributed by atoms with E-state index in [0.29, 0.717) is 5.56 Å². The van der Waals surface area contributed by atoms with Crippen molar-refractivity contribution in [3.8, 4) is 16.9 Å². The fourth-order valence-electron chi connectivity index (χ4n) is 1.47. The highest BCUT2D eigenvalue weighted by molar-refractivity contribution is 6.32. The average Bonchev–Trinajstić information content (AvgIpc) is 2.63. The predicted octanol–water partition coefficient (Wildman–Crippen LogP) is 2.73. The fraction of sp³-hybridized carbons (Fsp3) is 0.100. The molecule has 0 aliphatic carbocycles. The zero-order valence-electron chi connectivity index (χ0n) is 8.29. The molecule has 3 N–H and O–H groups in total. The van der Waals surface area contributed by atoms with Crippen molar-refractivity contribution < 1.29 is 14.0 Å². The van der Waals surface area contributed by atoms with Gasteiger partial charge in [0.25, 0.3) is 0 Å². The summed E-state index contributed by atoms with van der Waals surface area (Å²) in [5, 5.41) is 13.2. The van der Waals surface area contributed by atoms with Crippen LogP contribution in [0.25, 0.3) is 11.1 Å². The largest absolute Gasteiger partial charge is 0.506 e. The Bertz CT molecular complexity index is 528. The van der Waals surface area contributed by atoms with E-state index in [2.05, 4.69) is 9.68 Å². The normalized spacial score (nSPS) is 10.7. The SMILES string of the molecule is Cc1c(F)cc(Cl)c(O)c1-c1cnoc1N. The molecule has 0 unspecified atom stereocenters. The summed E-state index contributed by atoms with van der Waals surface area (Å²) in [5.74, 6) is -0.770. The number of aromatic nitrogens is 1. The van der Waals surface area contributed by atoms with Crippen molar-refractivity contribution in [1.82, 2.24) is 5.16 Å². The molecule has 4 nitrogen and oxygen atoms in total. The molecule has 2 aromatic rings. The van der Waals surface area contributed by atoms with Crippen molar-refractivity contribution in [2.75, 3.05) is 5.73 Å². The number of phenolic OH excluding ortho intramolecular Hbond substituents is 1. The van der Waals surface area contributed by atoms with E-state index in [4.69, 9.17) is 17.3 Å². The first kappa shape index (κ1) is 10.8. The number of anilines is 1. The van der Waals surface area contributed by atoms with Crippen molar-refractivity contribution in [1.29, 1.82) is 0 Å². The molecule has 1 heterocycles. The summed E-state index contributed by atoms with van der Waals surface area (Å²) in [4.78, 5) is 0. The number of hydrogen-bond donors (Lipinski definition) is 2.